The Morgan fingerprint density at radius 1 is 1.09 bits per heavy atom. The van der Waals surface area contributed by atoms with E-state index in [1.54, 1.807) is 31.4 Å². The smallest absolute Gasteiger partial charge is 0.250 e. The molecule has 3 aromatic rings. The highest BCUT2D eigenvalue weighted by Crippen LogP contribution is 2.40. The Kier molecular flexibility index (Phi) is 6.22. The number of ether oxygens (including phenoxy) is 1. The summed E-state index contributed by atoms with van der Waals surface area (Å²) in [4.78, 5) is 30.0. The van der Waals surface area contributed by atoms with E-state index in [0.29, 0.717) is 46.4 Å². The molecular weight excluding hydrogens is 426 g/mol. The van der Waals surface area contributed by atoms with E-state index in [0.717, 1.165) is 0 Å². The van der Waals surface area contributed by atoms with Crippen molar-refractivity contribution in [2.45, 2.75) is 32.2 Å². The van der Waals surface area contributed by atoms with Crippen molar-refractivity contribution in [2.24, 2.45) is 12.0 Å². The Bertz CT molecular complexity index is 1310. The molecule has 1 atom stereocenters. The van der Waals surface area contributed by atoms with Crippen LogP contribution in [0.2, 0.25) is 0 Å². The van der Waals surface area contributed by atoms with Crippen molar-refractivity contribution in [3.8, 4) is 16.9 Å². The van der Waals surface area contributed by atoms with Crippen molar-refractivity contribution in [2.75, 3.05) is 7.11 Å². The zero-order valence-corrected chi connectivity index (χ0v) is 18.7. The minimum atomic E-state index is -0.644. The summed E-state index contributed by atoms with van der Waals surface area (Å²) in [6, 6.07) is 9.55. The Morgan fingerprint density at radius 2 is 1.82 bits per heavy atom. The van der Waals surface area contributed by atoms with E-state index in [1.165, 1.54) is 35.9 Å². The number of rotatable bonds is 6. The molecular formula is C26H24F2N2O3. The lowest BCUT2D eigenvalue weighted by molar-refractivity contribution is -0.119. The summed E-state index contributed by atoms with van der Waals surface area (Å²) in [5.41, 5.74) is 3.10. The first kappa shape index (κ1) is 22.6. The van der Waals surface area contributed by atoms with Crippen molar-refractivity contribution in [1.82, 2.24) is 4.57 Å². The van der Waals surface area contributed by atoms with Crippen molar-refractivity contribution in [1.29, 1.82) is 0 Å². The molecule has 5 nitrogen and oxygen atoms in total. The molecule has 1 aliphatic rings. The second-order valence-electron chi connectivity index (χ2n) is 8.12. The maximum absolute atomic E-state index is 14.8. The minimum absolute atomic E-state index is 0.0195. The van der Waals surface area contributed by atoms with E-state index in [4.69, 9.17) is 9.73 Å². The van der Waals surface area contributed by atoms with Gasteiger partial charge in [-0.15, -0.1) is 0 Å². The third-order valence-electron chi connectivity index (χ3n) is 5.81. The molecule has 0 saturated heterocycles. The molecule has 170 valence electrons. The maximum atomic E-state index is 14.8. The van der Waals surface area contributed by atoms with Crippen LogP contribution in [0, 0.1) is 11.6 Å². The monoisotopic (exact) mass is 450 g/mol. The number of ketones is 1. The van der Waals surface area contributed by atoms with Crippen LogP contribution in [-0.4, -0.2) is 23.2 Å². The zero-order valence-electron chi connectivity index (χ0n) is 18.7. The number of methoxy groups -OCH3 is 1. The van der Waals surface area contributed by atoms with Crippen molar-refractivity contribution < 1.29 is 18.3 Å². The highest BCUT2D eigenvalue weighted by molar-refractivity contribution is 6.17. The molecule has 0 saturated carbocycles. The molecule has 2 aromatic carbocycles. The minimum Gasteiger partial charge on any atom is -0.494 e. The summed E-state index contributed by atoms with van der Waals surface area (Å²) in [5, 5.41) is 0. The second-order valence-corrected chi connectivity index (χ2v) is 8.12. The molecule has 0 fully saturated rings. The fourth-order valence-corrected chi connectivity index (χ4v) is 4.16. The van der Waals surface area contributed by atoms with Crippen LogP contribution in [-0.2, 0) is 11.8 Å². The van der Waals surface area contributed by atoms with Crippen molar-refractivity contribution >= 4 is 11.5 Å². The molecule has 1 aromatic heterocycles. The average molecular weight is 450 g/mol. The van der Waals surface area contributed by atoms with Gasteiger partial charge in [-0.25, -0.2) is 8.78 Å². The van der Waals surface area contributed by atoms with Gasteiger partial charge < -0.3 is 9.30 Å². The van der Waals surface area contributed by atoms with Gasteiger partial charge >= 0.3 is 0 Å². The zero-order chi connectivity index (χ0) is 23.7. The number of nitrogens with zero attached hydrogens (tertiary/aromatic N) is 2. The van der Waals surface area contributed by atoms with E-state index >= 15 is 0 Å². The fraction of sp³-hybridized carbons (Fsp3) is 0.269. The van der Waals surface area contributed by atoms with E-state index in [-0.39, 0.29) is 23.5 Å². The largest absolute Gasteiger partial charge is 0.494 e. The molecule has 0 bridgehead atoms. The van der Waals surface area contributed by atoms with Crippen LogP contribution >= 0.6 is 0 Å². The number of aromatic nitrogens is 1. The Hall–Kier alpha value is -3.61. The van der Waals surface area contributed by atoms with Gasteiger partial charge in [0.15, 0.2) is 11.6 Å². The number of hydrogen-bond donors (Lipinski definition) is 0. The molecule has 0 radical (unpaired) electrons. The van der Waals surface area contributed by atoms with Gasteiger partial charge in [0.2, 0.25) is 0 Å². The Labute approximate surface area is 190 Å². The van der Waals surface area contributed by atoms with E-state index < -0.39 is 17.7 Å². The van der Waals surface area contributed by atoms with Crippen LogP contribution < -0.4 is 10.3 Å². The summed E-state index contributed by atoms with van der Waals surface area (Å²) < 4.78 is 35.1. The lowest BCUT2D eigenvalue weighted by Gasteiger charge is -2.16. The predicted octanol–water partition coefficient (Wildman–Crippen LogP) is 4.99. The van der Waals surface area contributed by atoms with Gasteiger partial charge in [0.05, 0.1) is 18.9 Å². The van der Waals surface area contributed by atoms with E-state index in [2.05, 4.69) is 0 Å². The van der Waals surface area contributed by atoms with Crippen molar-refractivity contribution in [3.05, 3.63) is 87.3 Å². The van der Waals surface area contributed by atoms with Crippen molar-refractivity contribution in [3.63, 3.8) is 0 Å². The number of carbonyl (C=O) groups is 1. The lowest BCUT2D eigenvalue weighted by atomic mass is 9.91. The summed E-state index contributed by atoms with van der Waals surface area (Å²) in [5.74, 6) is -0.901. The van der Waals surface area contributed by atoms with E-state index in [1.807, 2.05) is 6.92 Å². The fourth-order valence-electron chi connectivity index (χ4n) is 4.16. The van der Waals surface area contributed by atoms with Gasteiger partial charge in [-0.2, -0.15) is 0 Å². The second kappa shape index (κ2) is 9.10. The third-order valence-corrected chi connectivity index (χ3v) is 5.81. The standard InChI is InChI=1S/C26H24F2N2O3/c1-4-5-17(31)10-23-19-13-25(32)30(2)14-21(19)18-11-22(28)24(33-3)12-20(18)26(29-23)15-6-8-16(27)9-7-15/h6-9,11-14,23H,4-5,10H2,1-3H3/t23-/m0/s1. The quantitative estimate of drug-likeness (QED) is 0.532. The van der Waals surface area contributed by atoms with Gasteiger partial charge in [-0.05, 0) is 53.9 Å². The SMILES string of the molecule is CCCC(=O)C[C@@H]1N=C(c2ccc(F)cc2)c2cc(OC)c(F)cc2-c2cn(C)c(=O)cc21. The lowest BCUT2D eigenvalue weighted by Crippen LogP contribution is -2.18. The van der Waals surface area contributed by atoms with Crippen LogP contribution in [0.25, 0.3) is 11.1 Å². The number of benzene rings is 2. The van der Waals surface area contributed by atoms with Crippen LogP contribution in [0.15, 0.2) is 58.4 Å². The van der Waals surface area contributed by atoms with Gasteiger partial charge in [-0.1, -0.05) is 6.92 Å². The molecule has 0 unspecified atom stereocenters. The Morgan fingerprint density at radius 3 is 2.48 bits per heavy atom. The first-order valence-electron chi connectivity index (χ1n) is 10.8. The molecule has 7 heteroatoms. The first-order chi connectivity index (χ1) is 15.8. The van der Waals surface area contributed by atoms with Crippen LogP contribution in [0.3, 0.4) is 0 Å². The molecule has 4 rings (SSSR count). The van der Waals surface area contributed by atoms with E-state index in [9.17, 15) is 18.4 Å². The maximum Gasteiger partial charge on any atom is 0.250 e. The van der Waals surface area contributed by atoms with Gasteiger partial charge in [0.25, 0.3) is 5.56 Å². The molecule has 0 aliphatic carbocycles. The first-order valence-corrected chi connectivity index (χ1v) is 10.8. The number of carbonyl (C=O) groups excluding carboxylic acids is 1. The molecule has 1 aliphatic heterocycles. The predicted molar refractivity (Wildman–Crippen MR) is 123 cm³/mol. The number of hydrogen-bond acceptors (Lipinski definition) is 4. The van der Waals surface area contributed by atoms with Gasteiger partial charge in [0, 0.05) is 48.8 Å². The summed E-state index contributed by atoms with van der Waals surface area (Å²) in [6.07, 6.45) is 2.84. The number of aryl methyl sites for hydroxylation is 1. The summed E-state index contributed by atoms with van der Waals surface area (Å²) in [6.45, 7) is 1.92. The van der Waals surface area contributed by atoms with Crippen LogP contribution in [0.4, 0.5) is 8.78 Å². The number of aliphatic imine (C=N–C) groups is 1. The molecule has 2 heterocycles. The summed E-state index contributed by atoms with van der Waals surface area (Å²) in [7, 11) is 2.99. The average Bonchev–Trinajstić information content (AvgIpc) is 2.90. The highest BCUT2D eigenvalue weighted by atomic mass is 19.1. The van der Waals surface area contributed by atoms with Gasteiger partial charge in [0.1, 0.15) is 11.6 Å². The molecule has 33 heavy (non-hydrogen) atoms. The molecule has 0 N–H and O–H groups in total. The number of Topliss-reactive ketones (excluding diaryl/α,β-unsaturated/α-hetero) is 1. The van der Waals surface area contributed by atoms with Crippen LogP contribution in [0.5, 0.6) is 5.75 Å². The number of halogens is 2. The normalized spacial score (nSPS) is 14.7. The Balaban J connectivity index is 2.05. The van der Waals surface area contributed by atoms with Crippen LogP contribution in [0.1, 0.15) is 48.9 Å². The summed E-state index contributed by atoms with van der Waals surface area (Å²) >= 11 is 0. The third kappa shape index (κ3) is 4.35. The highest BCUT2D eigenvalue weighted by Gasteiger charge is 2.28. The topological polar surface area (TPSA) is 60.7 Å². The number of pyridine rings is 1. The molecule has 0 amide bonds. The molecule has 0 spiro atoms. The van der Waals surface area contributed by atoms with Gasteiger partial charge in [-0.3, -0.25) is 14.6 Å². The number of fused-ring (bicyclic) bond motifs is 3.